The minimum atomic E-state index is -0.201. The number of esters is 1. The van der Waals surface area contributed by atoms with Crippen molar-refractivity contribution in [2.24, 2.45) is 0 Å². The van der Waals surface area contributed by atoms with Gasteiger partial charge in [0.2, 0.25) is 5.88 Å². The van der Waals surface area contributed by atoms with Crippen molar-refractivity contribution in [2.75, 3.05) is 12.4 Å². The highest BCUT2D eigenvalue weighted by Crippen LogP contribution is 2.09. The molecule has 2 rings (SSSR count). The number of aromatic nitrogens is 4. The molecule has 0 saturated heterocycles. The Morgan fingerprint density at radius 3 is 2.85 bits per heavy atom. The summed E-state index contributed by atoms with van der Waals surface area (Å²) in [6.07, 6.45) is 6.93. The minimum absolute atomic E-state index is 0.201. The molecule has 0 N–H and O–H groups in total. The second kappa shape index (κ2) is 7.54. The quantitative estimate of drug-likeness (QED) is 0.586. The Hall–Kier alpha value is -2.02. The van der Waals surface area contributed by atoms with Crippen molar-refractivity contribution in [1.29, 1.82) is 0 Å². The lowest BCUT2D eigenvalue weighted by atomic mass is 10.3. The van der Waals surface area contributed by atoms with Crippen LogP contribution in [0.15, 0.2) is 36.9 Å². The molecule has 2 aromatic rings. The van der Waals surface area contributed by atoms with Crippen molar-refractivity contribution >= 4 is 17.7 Å². The fraction of sp³-hybridized carbons (Fsp3) is 0.308. The number of nitrogens with zero attached hydrogens (tertiary/aromatic N) is 4. The van der Waals surface area contributed by atoms with Gasteiger partial charge in [0, 0.05) is 24.0 Å². The van der Waals surface area contributed by atoms with Gasteiger partial charge in [0.15, 0.2) is 12.0 Å². The van der Waals surface area contributed by atoms with Crippen LogP contribution in [0.2, 0.25) is 0 Å². The maximum absolute atomic E-state index is 11.2. The summed E-state index contributed by atoms with van der Waals surface area (Å²) >= 11 is 1.45. The number of ether oxygens (including phenoxy) is 1. The fourth-order valence-corrected chi connectivity index (χ4v) is 2.15. The maximum Gasteiger partial charge on any atom is 0.316 e. The van der Waals surface area contributed by atoms with Crippen LogP contribution in [-0.2, 0) is 15.4 Å². The molecular weight excluding hydrogens is 276 g/mol. The van der Waals surface area contributed by atoms with Gasteiger partial charge >= 0.3 is 5.97 Å². The van der Waals surface area contributed by atoms with E-state index in [9.17, 15) is 4.79 Å². The van der Waals surface area contributed by atoms with E-state index in [1.807, 2.05) is 12.3 Å². The first kappa shape index (κ1) is 14.4. The van der Waals surface area contributed by atoms with Crippen LogP contribution in [0.5, 0.6) is 0 Å². The third-order valence-corrected chi connectivity index (χ3v) is 3.23. The molecule has 0 aromatic carbocycles. The first-order chi connectivity index (χ1) is 9.79. The Kier molecular flexibility index (Phi) is 5.43. The predicted molar refractivity (Wildman–Crippen MR) is 74.5 cm³/mol. The molecule has 0 saturated carbocycles. The standard InChI is InChI=1S/C13H15N4O2S/c1-2-19-12(18)9-20-10-17-7-4-11(8-16-17)13-14-5-3-6-15-13/h3-8H,2,9-10H2,1H3/q+1. The normalized spacial score (nSPS) is 10.2. The molecular formula is C13H15N4O2S+. The topological polar surface area (TPSA) is 68.8 Å². The van der Waals surface area contributed by atoms with Crippen LogP contribution in [0.3, 0.4) is 0 Å². The average Bonchev–Trinajstić information content (AvgIpc) is 2.49. The number of carbonyl (C=O) groups is 1. The molecule has 20 heavy (non-hydrogen) atoms. The highest BCUT2D eigenvalue weighted by molar-refractivity contribution is 7.98. The van der Waals surface area contributed by atoms with Crippen LogP contribution in [0.25, 0.3) is 11.4 Å². The minimum Gasteiger partial charge on any atom is -0.465 e. The highest BCUT2D eigenvalue weighted by atomic mass is 32.2. The smallest absolute Gasteiger partial charge is 0.316 e. The van der Waals surface area contributed by atoms with E-state index in [0.29, 0.717) is 24.1 Å². The number of rotatable bonds is 6. The Morgan fingerprint density at radius 1 is 1.40 bits per heavy atom. The lowest BCUT2D eigenvalue weighted by molar-refractivity contribution is -0.734. The number of carbonyl (C=O) groups excluding carboxylic acids is 1. The van der Waals surface area contributed by atoms with Crippen molar-refractivity contribution in [2.45, 2.75) is 12.8 Å². The van der Waals surface area contributed by atoms with E-state index >= 15 is 0 Å². The summed E-state index contributed by atoms with van der Waals surface area (Å²) < 4.78 is 6.60. The van der Waals surface area contributed by atoms with Crippen molar-refractivity contribution in [3.63, 3.8) is 0 Å². The van der Waals surface area contributed by atoms with Crippen LogP contribution in [0.1, 0.15) is 6.92 Å². The SMILES string of the molecule is CCOC(=O)CSC[n+]1ccc(-c2ncccn2)cn1. The van der Waals surface area contributed by atoms with Gasteiger partial charge in [-0.15, -0.1) is 0 Å². The van der Waals surface area contributed by atoms with Crippen molar-refractivity contribution in [3.8, 4) is 11.4 Å². The zero-order chi connectivity index (χ0) is 14.2. The summed E-state index contributed by atoms with van der Waals surface area (Å²) in [5.41, 5.74) is 0.859. The predicted octanol–water partition coefficient (Wildman–Crippen LogP) is 1.08. The van der Waals surface area contributed by atoms with Crippen LogP contribution < -0.4 is 4.68 Å². The fourth-order valence-electron chi connectivity index (χ4n) is 1.47. The van der Waals surface area contributed by atoms with Crippen LogP contribution >= 0.6 is 11.8 Å². The Bertz CT molecular complexity index is 548. The second-order valence-corrected chi connectivity index (χ2v) is 4.77. The van der Waals surface area contributed by atoms with E-state index in [0.717, 1.165) is 5.56 Å². The molecule has 104 valence electrons. The third-order valence-electron chi connectivity index (χ3n) is 2.34. The molecule has 0 amide bonds. The van der Waals surface area contributed by atoms with E-state index in [1.165, 1.54) is 11.8 Å². The van der Waals surface area contributed by atoms with E-state index < -0.39 is 0 Å². The van der Waals surface area contributed by atoms with Crippen molar-refractivity contribution < 1.29 is 14.2 Å². The zero-order valence-corrected chi connectivity index (χ0v) is 11.9. The summed E-state index contributed by atoms with van der Waals surface area (Å²) in [5, 5.41) is 4.26. The molecule has 2 aromatic heterocycles. The molecule has 0 bridgehead atoms. The van der Waals surface area contributed by atoms with E-state index in [2.05, 4.69) is 15.1 Å². The summed E-state index contributed by atoms with van der Waals surface area (Å²) in [4.78, 5) is 19.5. The molecule has 0 aliphatic rings. The van der Waals surface area contributed by atoms with E-state index in [1.54, 1.807) is 36.3 Å². The molecule has 0 unspecified atom stereocenters. The number of hydrogen-bond acceptors (Lipinski definition) is 6. The number of hydrogen-bond donors (Lipinski definition) is 0. The van der Waals surface area contributed by atoms with Gasteiger partial charge in [-0.1, -0.05) is 16.4 Å². The van der Waals surface area contributed by atoms with Gasteiger partial charge in [0.25, 0.3) is 0 Å². The van der Waals surface area contributed by atoms with Gasteiger partial charge in [-0.2, -0.15) is 0 Å². The van der Waals surface area contributed by atoms with Gasteiger partial charge in [-0.25, -0.2) is 9.97 Å². The Labute approximate surface area is 121 Å². The molecule has 2 heterocycles. The van der Waals surface area contributed by atoms with Crippen LogP contribution in [-0.4, -0.2) is 33.4 Å². The van der Waals surface area contributed by atoms with Gasteiger partial charge in [0.1, 0.15) is 6.20 Å². The average molecular weight is 291 g/mol. The number of thioether (sulfide) groups is 1. The van der Waals surface area contributed by atoms with E-state index in [-0.39, 0.29) is 5.97 Å². The van der Waals surface area contributed by atoms with Gasteiger partial charge in [-0.3, -0.25) is 4.79 Å². The van der Waals surface area contributed by atoms with Crippen molar-refractivity contribution in [1.82, 2.24) is 15.1 Å². The Morgan fingerprint density at radius 2 is 2.20 bits per heavy atom. The summed E-state index contributed by atoms with van der Waals surface area (Å²) in [6, 6.07) is 3.67. The van der Waals surface area contributed by atoms with Crippen LogP contribution in [0, 0.1) is 0 Å². The molecule has 6 nitrogen and oxygen atoms in total. The van der Waals surface area contributed by atoms with Crippen molar-refractivity contribution in [3.05, 3.63) is 36.9 Å². The lowest BCUT2D eigenvalue weighted by Crippen LogP contribution is -2.36. The molecule has 0 aliphatic heterocycles. The Balaban J connectivity index is 1.88. The van der Waals surface area contributed by atoms with Gasteiger partial charge in [0.05, 0.1) is 12.4 Å². The molecule has 0 spiro atoms. The second-order valence-electron chi connectivity index (χ2n) is 3.81. The highest BCUT2D eigenvalue weighted by Gasteiger charge is 2.08. The molecule has 0 fully saturated rings. The maximum atomic E-state index is 11.2. The first-order valence-electron chi connectivity index (χ1n) is 6.16. The summed E-state index contributed by atoms with van der Waals surface area (Å²) in [7, 11) is 0. The van der Waals surface area contributed by atoms with Gasteiger partial charge < -0.3 is 4.74 Å². The zero-order valence-electron chi connectivity index (χ0n) is 11.1. The van der Waals surface area contributed by atoms with E-state index in [4.69, 9.17) is 4.74 Å². The molecule has 0 atom stereocenters. The molecule has 7 heteroatoms. The monoisotopic (exact) mass is 291 g/mol. The molecule has 0 aliphatic carbocycles. The molecule has 0 radical (unpaired) electrons. The van der Waals surface area contributed by atoms with Crippen LogP contribution in [0.4, 0.5) is 0 Å². The summed E-state index contributed by atoms with van der Waals surface area (Å²) in [5.74, 6) is 1.36. The largest absolute Gasteiger partial charge is 0.465 e. The first-order valence-corrected chi connectivity index (χ1v) is 7.31. The lowest BCUT2D eigenvalue weighted by Gasteiger charge is -1.99. The third kappa shape index (κ3) is 4.27. The summed E-state index contributed by atoms with van der Waals surface area (Å²) in [6.45, 7) is 2.21. The van der Waals surface area contributed by atoms with Gasteiger partial charge in [-0.05, 0) is 18.1 Å².